The third kappa shape index (κ3) is 2.30. The Labute approximate surface area is 127 Å². The molecule has 7 nitrogen and oxygen atoms in total. The lowest BCUT2D eigenvalue weighted by molar-refractivity contribution is -0.115. The van der Waals surface area contributed by atoms with E-state index < -0.39 is 11.9 Å². The van der Waals surface area contributed by atoms with Gasteiger partial charge in [0.15, 0.2) is 0 Å². The van der Waals surface area contributed by atoms with Crippen LogP contribution in [0.1, 0.15) is 25.5 Å². The highest BCUT2D eigenvalue weighted by atomic mass is 16.5. The highest BCUT2D eigenvalue weighted by Gasteiger charge is 2.32. The molecule has 1 atom stereocenters. The third-order valence-corrected chi connectivity index (χ3v) is 3.57. The van der Waals surface area contributed by atoms with Gasteiger partial charge in [0.2, 0.25) is 11.9 Å². The molecule has 0 aliphatic carbocycles. The summed E-state index contributed by atoms with van der Waals surface area (Å²) in [5.74, 6) is 0.881. The summed E-state index contributed by atoms with van der Waals surface area (Å²) in [5.41, 5.74) is 7.62. The second-order valence-electron chi connectivity index (χ2n) is 4.96. The number of amides is 1. The Morgan fingerprint density at radius 1 is 1.41 bits per heavy atom. The maximum Gasteiger partial charge on any atom is 0.248 e. The number of allylic oxidation sites excluding steroid dienone is 1. The molecule has 2 aromatic rings. The molecule has 7 heteroatoms. The second-order valence-corrected chi connectivity index (χ2v) is 4.96. The van der Waals surface area contributed by atoms with Crippen LogP contribution in [-0.4, -0.2) is 27.3 Å². The van der Waals surface area contributed by atoms with Crippen molar-refractivity contribution in [3.05, 3.63) is 47.4 Å². The standard InChI is InChI=1S/C15H17N5O2/c1-3-22-11-6-4-10(5-7-11)13-12(14(16)21)9(2)19-15-17-8-18-20(13)15/h4-8,13H,3H2,1-2H3,(H2,16,21)(H,17,18,19)/t13-/m1/s1. The lowest BCUT2D eigenvalue weighted by atomic mass is 9.95. The van der Waals surface area contributed by atoms with Crippen LogP contribution in [0.3, 0.4) is 0 Å². The Hall–Kier alpha value is -2.83. The average Bonchev–Trinajstić information content (AvgIpc) is 2.94. The Morgan fingerprint density at radius 2 is 2.14 bits per heavy atom. The number of nitrogens with zero attached hydrogens (tertiary/aromatic N) is 3. The molecule has 0 saturated carbocycles. The molecular weight excluding hydrogens is 282 g/mol. The van der Waals surface area contributed by atoms with E-state index in [9.17, 15) is 4.79 Å². The summed E-state index contributed by atoms with van der Waals surface area (Å²) in [6.45, 7) is 4.34. The van der Waals surface area contributed by atoms with Crippen molar-refractivity contribution in [2.75, 3.05) is 11.9 Å². The van der Waals surface area contributed by atoms with E-state index in [1.165, 1.54) is 6.33 Å². The fraction of sp³-hybridized carbons (Fsp3) is 0.267. The molecule has 1 aliphatic rings. The van der Waals surface area contributed by atoms with Gasteiger partial charge >= 0.3 is 0 Å². The van der Waals surface area contributed by atoms with Gasteiger partial charge in [0, 0.05) is 5.70 Å². The van der Waals surface area contributed by atoms with Crippen molar-refractivity contribution in [1.29, 1.82) is 0 Å². The first-order valence-corrected chi connectivity index (χ1v) is 7.01. The van der Waals surface area contributed by atoms with Crippen molar-refractivity contribution >= 4 is 11.9 Å². The Balaban J connectivity index is 2.08. The molecule has 0 radical (unpaired) electrons. The molecule has 3 N–H and O–H groups in total. The van der Waals surface area contributed by atoms with E-state index in [-0.39, 0.29) is 0 Å². The SMILES string of the molecule is CCOc1ccc([C@@H]2C(C(N)=O)=C(C)Nc3ncnn32)cc1. The summed E-state index contributed by atoms with van der Waals surface area (Å²) in [4.78, 5) is 16.0. The fourth-order valence-electron chi connectivity index (χ4n) is 2.63. The number of hydrogen-bond donors (Lipinski definition) is 2. The van der Waals surface area contributed by atoms with Crippen LogP contribution in [0.5, 0.6) is 5.75 Å². The maximum absolute atomic E-state index is 11.9. The molecule has 1 aromatic carbocycles. The molecule has 1 aromatic heterocycles. The van der Waals surface area contributed by atoms with Crippen LogP contribution in [0.4, 0.5) is 5.95 Å². The van der Waals surface area contributed by atoms with Gasteiger partial charge in [0.1, 0.15) is 18.1 Å². The summed E-state index contributed by atoms with van der Waals surface area (Å²) in [5, 5.41) is 7.26. The van der Waals surface area contributed by atoms with E-state index in [1.807, 2.05) is 31.2 Å². The fourth-order valence-corrected chi connectivity index (χ4v) is 2.63. The Bertz CT molecular complexity index is 733. The number of ether oxygens (including phenoxy) is 1. The number of benzene rings is 1. The first-order chi connectivity index (χ1) is 10.6. The van der Waals surface area contributed by atoms with Crippen molar-refractivity contribution in [3.8, 4) is 5.75 Å². The predicted octanol–water partition coefficient (Wildman–Crippen LogP) is 1.45. The molecule has 2 heterocycles. The number of anilines is 1. The molecule has 22 heavy (non-hydrogen) atoms. The van der Waals surface area contributed by atoms with E-state index in [4.69, 9.17) is 10.5 Å². The first-order valence-electron chi connectivity index (χ1n) is 7.01. The van der Waals surface area contributed by atoms with Crippen LogP contribution < -0.4 is 15.8 Å². The molecule has 0 fully saturated rings. The smallest absolute Gasteiger partial charge is 0.248 e. The largest absolute Gasteiger partial charge is 0.494 e. The van der Waals surface area contributed by atoms with E-state index >= 15 is 0 Å². The number of carbonyl (C=O) groups excluding carboxylic acids is 1. The number of carbonyl (C=O) groups is 1. The van der Waals surface area contributed by atoms with E-state index in [2.05, 4.69) is 15.4 Å². The Morgan fingerprint density at radius 3 is 2.77 bits per heavy atom. The van der Waals surface area contributed by atoms with Crippen LogP contribution >= 0.6 is 0 Å². The van der Waals surface area contributed by atoms with Crippen LogP contribution in [0.2, 0.25) is 0 Å². The number of hydrogen-bond acceptors (Lipinski definition) is 5. The van der Waals surface area contributed by atoms with Gasteiger partial charge in [-0.2, -0.15) is 10.1 Å². The van der Waals surface area contributed by atoms with Crippen LogP contribution in [0.25, 0.3) is 0 Å². The first kappa shape index (κ1) is 14.1. The van der Waals surface area contributed by atoms with Crippen molar-refractivity contribution in [2.24, 2.45) is 5.73 Å². The van der Waals surface area contributed by atoms with E-state index in [0.717, 1.165) is 11.3 Å². The van der Waals surface area contributed by atoms with Gasteiger partial charge in [-0.15, -0.1) is 0 Å². The highest BCUT2D eigenvalue weighted by molar-refractivity contribution is 5.95. The number of nitrogens with two attached hydrogens (primary N) is 1. The zero-order chi connectivity index (χ0) is 15.7. The zero-order valence-corrected chi connectivity index (χ0v) is 12.4. The molecular formula is C15H17N5O2. The second kappa shape index (κ2) is 5.51. The molecule has 114 valence electrons. The topological polar surface area (TPSA) is 95.1 Å². The number of nitrogens with one attached hydrogen (secondary N) is 1. The normalized spacial score (nSPS) is 16.9. The predicted molar refractivity (Wildman–Crippen MR) is 81.3 cm³/mol. The lowest BCUT2D eigenvalue weighted by Crippen LogP contribution is -2.31. The Kier molecular flexibility index (Phi) is 3.54. The monoisotopic (exact) mass is 299 g/mol. The summed E-state index contributed by atoms with van der Waals surface area (Å²) >= 11 is 0. The average molecular weight is 299 g/mol. The molecule has 0 unspecified atom stereocenters. The van der Waals surface area contributed by atoms with Gasteiger partial charge in [-0.25, -0.2) is 4.68 Å². The lowest BCUT2D eigenvalue weighted by Gasteiger charge is -2.27. The zero-order valence-electron chi connectivity index (χ0n) is 12.4. The minimum Gasteiger partial charge on any atom is -0.494 e. The van der Waals surface area contributed by atoms with E-state index in [1.54, 1.807) is 11.6 Å². The van der Waals surface area contributed by atoms with Crippen molar-refractivity contribution in [1.82, 2.24) is 14.8 Å². The summed E-state index contributed by atoms with van der Waals surface area (Å²) in [6.07, 6.45) is 1.45. The minimum atomic E-state index is -0.481. The number of rotatable bonds is 4. The van der Waals surface area contributed by atoms with Gasteiger partial charge in [-0.05, 0) is 31.5 Å². The van der Waals surface area contributed by atoms with Crippen LogP contribution in [0, 0.1) is 0 Å². The van der Waals surface area contributed by atoms with Gasteiger partial charge in [-0.1, -0.05) is 12.1 Å². The van der Waals surface area contributed by atoms with Crippen LogP contribution in [-0.2, 0) is 4.79 Å². The molecule has 3 rings (SSSR count). The summed E-state index contributed by atoms with van der Waals surface area (Å²) in [7, 11) is 0. The maximum atomic E-state index is 11.9. The number of fused-ring (bicyclic) bond motifs is 1. The van der Waals surface area contributed by atoms with Crippen molar-refractivity contribution < 1.29 is 9.53 Å². The third-order valence-electron chi connectivity index (χ3n) is 3.57. The molecule has 1 aliphatic heterocycles. The van der Waals surface area contributed by atoms with Gasteiger partial charge in [-0.3, -0.25) is 4.79 Å². The van der Waals surface area contributed by atoms with Gasteiger partial charge < -0.3 is 15.8 Å². The van der Waals surface area contributed by atoms with Gasteiger partial charge in [0.05, 0.1) is 12.2 Å². The molecule has 0 bridgehead atoms. The molecule has 1 amide bonds. The minimum absolute atomic E-state index is 0.396. The number of aromatic nitrogens is 3. The quantitative estimate of drug-likeness (QED) is 0.891. The van der Waals surface area contributed by atoms with Gasteiger partial charge in [0.25, 0.3) is 0 Å². The summed E-state index contributed by atoms with van der Waals surface area (Å²) < 4.78 is 7.10. The van der Waals surface area contributed by atoms with E-state index in [0.29, 0.717) is 23.8 Å². The van der Waals surface area contributed by atoms with Crippen molar-refractivity contribution in [2.45, 2.75) is 19.9 Å². The number of primary amides is 1. The summed E-state index contributed by atoms with van der Waals surface area (Å²) in [6, 6.07) is 7.15. The highest BCUT2D eigenvalue weighted by Crippen LogP contribution is 2.34. The molecule has 0 spiro atoms. The molecule has 0 saturated heterocycles. The van der Waals surface area contributed by atoms with Crippen molar-refractivity contribution in [3.63, 3.8) is 0 Å². The van der Waals surface area contributed by atoms with Crippen LogP contribution in [0.15, 0.2) is 41.9 Å².